The molecule has 18 heavy (non-hydrogen) atoms. The highest BCUT2D eigenvalue weighted by Crippen LogP contribution is 2.21. The van der Waals surface area contributed by atoms with Crippen LogP contribution in [0.25, 0.3) is 0 Å². The van der Waals surface area contributed by atoms with Crippen LogP contribution in [0, 0.1) is 6.92 Å². The van der Waals surface area contributed by atoms with Gasteiger partial charge in [-0.3, -0.25) is 0 Å². The molecule has 0 aliphatic heterocycles. The predicted molar refractivity (Wildman–Crippen MR) is 74.6 cm³/mol. The predicted octanol–water partition coefficient (Wildman–Crippen LogP) is 3.04. The van der Waals surface area contributed by atoms with Crippen molar-refractivity contribution in [3.05, 3.63) is 35.4 Å². The zero-order valence-corrected chi connectivity index (χ0v) is 11.9. The maximum Gasteiger partial charge on any atom is 0.176 e. The second-order valence-electron chi connectivity index (χ2n) is 4.23. The molecule has 1 aromatic rings. The summed E-state index contributed by atoms with van der Waals surface area (Å²) < 4.78 is 11.4. The number of hydrogen-bond acceptors (Lipinski definition) is 3. The molecule has 1 N–H and O–H groups in total. The third-order valence-electron chi connectivity index (χ3n) is 2.79. The SMILES string of the molecule is CCNC(c1ccc(C)cc1)C(OCC)OCC. The molecule has 1 unspecified atom stereocenters. The molecular formula is C15H25NO2. The fourth-order valence-corrected chi connectivity index (χ4v) is 1.93. The Kier molecular flexibility index (Phi) is 6.94. The largest absolute Gasteiger partial charge is 0.351 e. The summed E-state index contributed by atoms with van der Waals surface area (Å²) in [6.45, 7) is 10.4. The Hall–Kier alpha value is -0.900. The molecule has 0 radical (unpaired) electrons. The minimum Gasteiger partial charge on any atom is -0.351 e. The van der Waals surface area contributed by atoms with Crippen molar-refractivity contribution in [2.75, 3.05) is 19.8 Å². The van der Waals surface area contributed by atoms with E-state index < -0.39 is 0 Å². The van der Waals surface area contributed by atoms with E-state index in [1.165, 1.54) is 11.1 Å². The van der Waals surface area contributed by atoms with Gasteiger partial charge < -0.3 is 14.8 Å². The fraction of sp³-hybridized carbons (Fsp3) is 0.600. The topological polar surface area (TPSA) is 30.5 Å². The van der Waals surface area contributed by atoms with Crippen molar-refractivity contribution in [1.29, 1.82) is 0 Å². The van der Waals surface area contributed by atoms with Crippen LogP contribution in [0.15, 0.2) is 24.3 Å². The molecular weight excluding hydrogens is 226 g/mol. The van der Waals surface area contributed by atoms with Gasteiger partial charge in [0.2, 0.25) is 0 Å². The van der Waals surface area contributed by atoms with Gasteiger partial charge in [-0.1, -0.05) is 36.8 Å². The minimum absolute atomic E-state index is 0.0792. The van der Waals surface area contributed by atoms with E-state index in [4.69, 9.17) is 9.47 Å². The number of ether oxygens (including phenoxy) is 2. The lowest BCUT2D eigenvalue weighted by Gasteiger charge is -2.27. The van der Waals surface area contributed by atoms with Crippen molar-refractivity contribution in [3.8, 4) is 0 Å². The van der Waals surface area contributed by atoms with Crippen LogP contribution in [-0.2, 0) is 9.47 Å². The van der Waals surface area contributed by atoms with E-state index >= 15 is 0 Å². The lowest BCUT2D eigenvalue weighted by molar-refractivity contribution is -0.155. The van der Waals surface area contributed by atoms with Crippen LogP contribution in [-0.4, -0.2) is 26.0 Å². The Morgan fingerprint density at radius 2 is 1.56 bits per heavy atom. The Bertz CT molecular complexity index is 318. The summed E-state index contributed by atoms with van der Waals surface area (Å²) in [4.78, 5) is 0. The Morgan fingerprint density at radius 3 is 2.00 bits per heavy atom. The molecule has 0 aliphatic rings. The fourth-order valence-electron chi connectivity index (χ4n) is 1.93. The summed E-state index contributed by atoms with van der Waals surface area (Å²) in [7, 11) is 0. The van der Waals surface area contributed by atoms with Crippen LogP contribution < -0.4 is 5.32 Å². The maximum absolute atomic E-state index is 5.70. The number of rotatable bonds is 8. The average Bonchev–Trinajstić information content (AvgIpc) is 2.37. The zero-order valence-electron chi connectivity index (χ0n) is 11.9. The first kappa shape index (κ1) is 15.2. The normalized spacial score (nSPS) is 12.9. The first-order chi connectivity index (χ1) is 8.72. The molecule has 0 amide bonds. The third-order valence-corrected chi connectivity index (χ3v) is 2.79. The van der Waals surface area contributed by atoms with Gasteiger partial charge >= 0.3 is 0 Å². The summed E-state index contributed by atoms with van der Waals surface area (Å²) in [6.07, 6.45) is -0.234. The van der Waals surface area contributed by atoms with Crippen molar-refractivity contribution in [2.24, 2.45) is 0 Å². The highest BCUT2D eigenvalue weighted by atomic mass is 16.7. The van der Waals surface area contributed by atoms with Gasteiger partial charge in [0.15, 0.2) is 6.29 Å². The average molecular weight is 251 g/mol. The number of aryl methyl sites for hydroxylation is 1. The van der Waals surface area contributed by atoms with Gasteiger partial charge in [-0.15, -0.1) is 0 Å². The first-order valence-electron chi connectivity index (χ1n) is 6.76. The van der Waals surface area contributed by atoms with E-state index in [0.29, 0.717) is 13.2 Å². The van der Waals surface area contributed by atoms with E-state index in [1.807, 2.05) is 13.8 Å². The molecule has 3 heteroatoms. The summed E-state index contributed by atoms with van der Waals surface area (Å²) in [5.74, 6) is 0. The van der Waals surface area contributed by atoms with Crippen molar-refractivity contribution in [3.63, 3.8) is 0 Å². The van der Waals surface area contributed by atoms with E-state index in [-0.39, 0.29) is 12.3 Å². The molecule has 0 aromatic heterocycles. The van der Waals surface area contributed by atoms with Gasteiger partial charge in [-0.25, -0.2) is 0 Å². The van der Waals surface area contributed by atoms with Gasteiger partial charge in [-0.2, -0.15) is 0 Å². The Morgan fingerprint density at radius 1 is 1.00 bits per heavy atom. The molecule has 1 atom stereocenters. The van der Waals surface area contributed by atoms with E-state index in [1.54, 1.807) is 0 Å². The number of benzene rings is 1. The van der Waals surface area contributed by atoms with Crippen LogP contribution >= 0.6 is 0 Å². The van der Waals surface area contributed by atoms with Crippen LogP contribution in [0.4, 0.5) is 0 Å². The van der Waals surface area contributed by atoms with Crippen LogP contribution in [0.2, 0.25) is 0 Å². The van der Waals surface area contributed by atoms with Crippen molar-refractivity contribution in [2.45, 2.75) is 40.0 Å². The van der Waals surface area contributed by atoms with Gasteiger partial charge in [0.25, 0.3) is 0 Å². The monoisotopic (exact) mass is 251 g/mol. The van der Waals surface area contributed by atoms with E-state index in [9.17, 15) is 0 Å². The smallest absolute Gasteiger partial charge is 0.176 e. The summed E-state index contributed by atoms with van der Waals surface area (Å²) in [5.41, 5.74) is 2.47. The van der Waals surface area contributed by atoms with Crippen LogP contribution in [0.3, 0.4) is 0 Å². The van der Waals surface area contributed by atoms with Gasteiger partial charge in [-0.05, 0) is 32.9 Å². The molecule has 0 saturated carbocycles. The Labute approximate surface area is 110 Å². The maximum atomic E-state index is 5.70. The number of hydrogen-bond donors (Lipinski definition) is 1. The van der Waals surface area contributed by atoms with Gasteiger partial charge in [0, 0.05) is 13.2 Å². The molecule has 0 aliphatic carbocycles. The first-order valence-corrected chi connectivity index (χ1v) is 6.76. The van der Waals surface area contributed by atoms with Crippen molar-refractivity contribution in [1.82, 2.24) is 5.32 Å². The van der Waals surface area contributed by atoms with Gasteiger partial charge in [0.1, 0.15) is 0 Å². The third kappa shape index (κ3) is 4.41. The van der Waals surface area contributed by atoms with E-state index in [2.05, 4.69) is 43.4 Å². The number of likely N-dealkylation sites (N-methyl/N-ethyl adjacent to an activating group) is 1. The number of nitrogens with one attached hydrogen (secondary N) is 1. The highest BCUT2D eigenvalue weighted by Gasteiger charge is 2.23. The van der Waals surface area contributed by atoms with Crippen molar-refractivity contribution >= 4 is 0 Å². The van der Waals surface area contributed by atoms with Crippen molar-refractivity contribution < 1.29 is 9.47 Å². The highest BCUT2D eigenvalue weighted by molar-refractivity contribution is 5.24. The molecule has 0 spiro atoms. The summed E-state index contributed by atoms with van der Waals surface area (Å²) in [5, 5.41) is 3.44. The molecule has 0 fully saturated rings. The zero-order chi connectivity index (χ0) is 13.4. The Balaban J connectivity index is 2.87. The molecule has 102 valence electrons. The van der Waals surface area contributed by atoms with E-state index in [0.717, 1.165) is 6.54 Å². The molecule has 0 heterocycles. The lowest BCUT2D eigenvalue weighted by Crippen LogP contribution is -2.36. The lowest BCUT2D eigenvalue weighted by atomic mass is 10.0. The standard InChI is InChI=1S/C15H25NO2/c1-5-16-14(15(17-6-2)18-7-3)13-10-8-12(4)9-11-13/h8-11,14-16H,5-7H2,1-4H3. The second kappa shape index (κ2) is 8.25. The quantitative estimate of drug-likeness (QED) is 0.720. The second-order valence-corrected chi connectivity index (χ2v) is 4.23. The summed E-state index contributed by atoms with van der Waals surface area (Å²) >= 11 is 0. The molecule has 0 saturated heterocycles. The minimum atomic E-state index is -0.234. The van der Waals surface area contributed by atoms with Gasteiger partial charge in [0.05, 0.1) is 6.04 Å². The molecule has 3 nitrogen and oxygen atoms in total. The van der Waals surface area contributed by atoms with Crippen LogP contribution in [0.5, 0.6) is 0 Å². The molecule has 1 rings (SSSR count). The summed E-state index contributed by atoms with van der Waals surface area (Å²) in [6, 6.07) is 8.58. The van der Waals surface area contributed by atoms with Crippen LogP contribution in [0.1, 0.15) is 37.9 Å². The molecule has 0 bridgehead atoms. The molecule has 1 aromatic carbocycles.